The summed E-state index contributed by atoms with van der Waals surface area (Å²) in [6, 6.07) is 5.64. The van der Waals surface area contributed by atoms with E-state index in [4.69, 9.17) is 20.6 Å². The van der Waals surface area contributed by atoms with Crippen LogP contribution in [-0.2, 0) is 11.3 Å². The van der Waals surface area contributed by atoms with Gasteiger partial charge in [0.15, 0.2) is 0 Å². The third-order valence-electron chi connectivity index (χ3n) is 3.72. The molecule has 0 aliphatic carbocycles. The maximum atomic E-state index is 7.50. The molecule has 0 amide bonds. The first-order valence-corrected chi connectivity index (χ1v) is 7.71. The summed E-state index contributed by atoms with van der Waals surface area (Å²) in [6.45, 7) is 5.80. The van der Waals surface area contributed by atoms with Gasteiger partial charge >= 0.3 is 0 Å². The van der Waals surface area contributed by atoms with Crippen molar-refractivity contribution in [2.45, 2.75) is 46.1 Å². The topological polar surface area (TPSA) is 68.3 Å². The minimum Gasteiger partial charge on any atom is -0.496 e. The van der Waals surface area contributed by atoms with Crippen molar-refractivity contribution in [2.24, 2.45) is 11.7 Å². The molecule has 4 nitrogen and oxygen atoms in total. The van der Waals surface area contributed by atoms with Crippen molar-refractivity contribution in [3.8, 4) is 5.75 Å². The molecule has 0 saturated heterocycles. The molecule has 0 aliphatic heterocycles. The fourth-order valence-corrected chi connectivity index (χ4v) is 2.29. The predicted octanol–water partition coefficient (Wildman–Crippen LogP) is 3.71. The average Bonchev–Trinajstić information content (AvgIpc) is 2.50. The molecule has 1 rings (SSSR count). The fraction of sp³-hybridized carbons (Fsp3) is 0.588. The van der Waals surface area contributed by atoms with E-state index in [0.717, 1.165) is 18.6 Å². The van der Waals surface area contributed by atoms with Gasteiger partial charge in [-0.15, -0.1) is 0 Å². The van der Waals surface area contributed by atoms with Gasteiger partial charge in [0.2, 0.25) is 0 Å². The van der Waals surface area contributed by atoms with Crippen molar-refractivity contribution in [1.82, 2.24) is 0 Å². The highest BCUT2D eigenvalue weighted by Gasteiger charge is 2.09. The van der Waals surface area contributed by atoms with E-state index in [9.17, 15) is 0 Å². The first-order valence-electron chi connectivity index (χ1n) is 7.71. The van der Waals surface area contributed by atoms with Gasteiger partial charge in [-0.2, -0.15) is 0 Å². The Kier molecular flexibility index (Phi) is 7.83. The van der Waals surface area contributed by atoms with Crippen LogP contribution in [0.25, 0.3) is 0 Å². The number of nitrogens with two attached hydrogens (primary N) is 1. The second kappa shape index (κ2) is 9.40. The number of rotatable bonds is 10. The maximum absolute atomic E-state index is 7.50. The van der Waals surface area contributed by atoms with Gasteiger partial charge in [0.25, 0.3) is 0 Å². The summed E-state index contributed by atoms with van der Waals surface area (Å²) in [5.74, 6) is 1.29. The van der Waals surface area contributed by atoms with Crippen molar-refractivity contribution in [3.63, 3.8) is 0 Å². The zero-order chi connectivity index (χ0) is 15.7. The number of unbranched alkanes of at least 4 members (excludes halogenated alkanes) is 1. The van der Waals surface area contributed by atoms with Crippen LogP contribution >= 0.6 is 0 Å². The number of amidine groups is 1. The normalized spacial score (nSPS) is 12.1. The number of methoxy groups -OCH3 is 1. The van der Waals surface area contributed by atoms with E-state index in [0.29, 0.717) is 23.8 Å². The number of ether oxygens (including phenoxy) is 2. The predicted molar refractivity (Wildman–Crippen MR) is 87.0 cm³/mol. The summed E-state index contributed by atoms with van der Waals surface area (Å²) >= 11 is 0. The van der Waals surface area contributed by atoms with E-state index >= 15 is 0 Å². The van der Waals surface area contributed by atoms with Crippen LogP contribution in [0.5, 0.6) is 5.75 Å². The standard InChI is InChI=1S/C17H28N2O2/c1-4-6-7-13(5-2)11-21-12-14-8-9-15(17(18)19)16(10-14)20-3/h8-10,13H,4-7,11-12H2,1-3H3,(H3,18,19). The monoisotopic (exact) mass is 292 g/mol. The summed E-state index contributed by atoms with van der Waals surface area (Å²) < 4.78 is 11.1. The first-order chi connectivity index (χ1) is 10.1. The maximum Gasteiger partial charge on any atom is 0.130 e. The molecule has 0 aromatic heterocycles. The quantitative estimate of drug-likeness (QED) is 0.510. The number of benzene rings is 1. The van der Waals surface area contributed by atoms with Crippen molar-refractivity contribution < 1.29 is 9.47 Å². The molecule has 4 heteroatoms. The summed E-state index contributed by atoms with van der Waals surface area (Å²) in [6.07, 6.45) is 4.90. The number of hydrogen-bond donors (Lipinski definition) is 2. The van der Waals surface area contributed by atoms with Gasteiger partial charge < -0.3 is 15.2 Å². The molecule has 1 aromatic rings. The Morgan fingerprint density at radius 3 is 2.67 bits per heavy atom. The highest BCUT2D eigenvalue weighted by molar-refractivity contribution is 5.97. The molecule has 1 atom stereocenters. The van der Waals surface area contributed by atoms with Crippen LogP contribution < -0.4 is 10.5 Å². The molecule has 0 fully saturated rings. The van der Waals surface area contributed by atoms with Gasteiger partial charge in [-0.3, -0.25) is 5.41 Å². The molecule has 3 N–H and O–H groups in total. The van der Waals surface area contributed by atoms with Gasteiger partial charge in [-0.1, -0.05) is 39.2 Å². The zero-order valence-corrected chi connectivity index (χ0v) is 13.4. The smallest absolute Gasteiger partial charge is 0.130 e. The molecule has 0 heterocycles. The second-order valence-electron chi connectivity index (χ2n) is 5.38. The molecule has 0 radical (unpaired) electrons. The second-order valence-corrected chi connectivity index (χ2v) is 5.38. The Balaban J connectivity index is 2.53. The zero-order valence-electron chi connectivity index (χ0n) is 13.4. The van der Waals surface area contributed by atoms with Crippen LogP contribution in [0.1, 0.15) is 50.7 Å². The van der Waals surface area contributed by atoms with Crippen LogP contribution in [0.3, 0.4) is 0 Å². The highest BCUT2D eigenvalue weighted by Crippen LogP contribution is 2.21. The first kappa shape index (κ1) is 17.5. The van der Waals surface area contributed by atoms with Gasteiger partial charge in [0, 0.05) is 6.61 Å². The summed E-state index contributed by atoms with van der Waals surface area (Å²) in [7, 11) is 1.59. The molecule has 1 unspecified atom stereocenters. The van der Waals surface area contributed by atoms with E-state index in [2.05, 4.69) is 13.8 Å². The number of nitrogens with one attached hydrogen (secondary N) is 1. The lowest BCUT2D eigenvalue weighted by Gasteiger charge is -2.15. The lowest BCUT2D eigenvalue weighted by atomic mass is 10.0. The van der Waals surface area contributed by atoms with Crippen LogP contribution in [-0.4, -0.2) is 19.6 Å². The van der Waals surface area contributed by atoms with Crippen LogP contribution in [0.2, 0.25) is 0 Å². The van der Waals surface area contributed by atoms with Crippen molar-refractivity contribution in [2.75, 3.05) is 13.7 Å². The third-order valence-corrected chi connectivity index (χ3v) is 3.72. The van der Waals surface area contributed by atoms with E-state index in [1.54, 1.807) is 7.11 Å². The van der Waals surface area contributed by atoms with Crippen molar-refractivity contribution in [3.05, 3.63) is 29.3 Å². The van der Waals surface area contributed by atoms with Gasteiger partial charge in [0.1, 0.15) is 11.6 Å². The van der Waals surface area contributed by atoms with Gasteiger partial charge in [-0.05, 0) is 30.0 Å². The minimum absolute atomic E-state index is 0.0185. The van der Waals surface area contributed by atoms with Crippen LogP contribution in [0.15, 0.2) is 18.2 Å². The van der Waals surface area contributed by atoms with E-state index in [1.165, 1.54) is 19.3 Å². The van der Waals surface area contributed by atoms with E-state index in [-0.39, 0.29) is 5.84 Å². The molecular formula is C17H28N2O2. The molecule has 0 aliphatic rings. The lowest BCUT2D eigenvalue weighted by molar-refractivity contribution is 0.0819. The molecule has 0 saturated carbocycles. The summed E-state index contributed by atoms with van der Waals surface area (Å²) in [5, 5.41) is 7.50. The Morgan fingerprint density at radius 1 is 1.33 bits per heavy atom. The Hall–Kier alpha value is -1.55. The van der Waals surface area contributed by atoms with Gasteiger partial charge in [-0.25, -0.2) is 0 Å². The number of hydrogen-bond acceptors (Lipinski definition) is 3. The summed E-state index contributed by atoms with van der Waals surface area (Å²) in [4.78, 5) is 0. The average molecular weight is 292 g/mol. The SMILES string of the molecule is CCCCC(CC)COCc1ccc(C(=N)N)c(OC)c1. The van der Waals surface area contributed by atoms with Crippen molar-refractivity contribution in [1.29, 1.82) is 5.41 Å². The van der Waals surface area contributed by atoms with Crippen LogP contribution in [0, 0.1) is 11.3 Å². The highest BCUT2D eigenvalue weighted by atomic mass is 16.5. The van der Waals surface area contributed by atoms with E-state index < -0.39 is 0 Å². The molecule has 21 heavy (non-hydrogen) atoms. The molecule has 0 spiro atoms. The van der Waals surface area contributed by atoms with Crippen molar-refractivity contribution >= 4 is 5.84 Å². The molecular weight excluding hydrogens is 264 g/mol. The third kappa shape index (κ3) is 5.76. The molecule has 0 bridgehead atoms. The fourth-order valence-electron chi connectivity index (χ4n) is 2.29. The Labute approximate surface area is 128 Å². The lowest BCUT2D eigenvalue weighted by Crippen LogP contribution is -2.13. The van der Waals surface area contributed by atoms with Crippen LogP contribution in [0.4, 0.5) is 0 Å². The summed E-state index contributed by atoms with van der Waals surface area (Å²) in [5.41, 5.74) is 7.18. The minimum atomic E-state index is 0.0185. The Bertz CT molecular complexity index is 446. The Morgan fingerprint density at radius 2 is 2.10 bits per heavy atom. The van der Waals surface area contributed by atoms with Gasteiger partial charge in [0.05, 0.1) is 19.3 Å². The molecule has 118 valence electrons. The molecule has 1 aromatic carbocycles. The largest absolute Gasteiger partial charge is 0.496 e. The van der Waals surface area contributed by atoms with E-state index in [1.807, 2.05) is 18.2 Å². The number of nitrogen functional groups attached to an aromatic ring is 1.